The van der Waals surface area contributed by atoms with E-state index in [1.165, 1.54) is 0 Å². The fraction of sp³-hybridized carbons (Fsp3) is 0.286. The third-order valence-electron chi connectivity index (χ3n) is 2.52. The molecule has 2 aromatic rings. The predicted octanol–water partition coefficient (Wildman–Crippen LogP) is 1.75. The fourth-order valence-electron chi connectivity index (χ4n) is 1.61. The largest absolute Gasteiger partial charge is 0.486 e. The summed E-state index contributed by atoms with van der Waals surface area (Å²) in [6.07, 6.45) is 0. The summed E-state index contributed by atoms with van der Waals surface area (Å²) in [6.45, 7) is 2.49. The van der Waals surface area contributed by atoms with Crippen LogP contribution in [0.5, 0.6) is 5.75 Å². The molecule has 0 bridgehead atoms. The van der Waals surface area contributed by atoms with Gasteiger partial charge in [-0.15, -0.1) is 11.3 Å². The molecule has 0 atom stereocenters. The number of nitrogens with one attached hydrogen (secondary N) is 1. The summed E-state index contributed by atoms with van der Waals surface area (Å²) < 4.78 is 5.62. The van der Waals surface area contributed by atoms with Crippen molar-refractivity contribution in [2.45, 2.75) is 13.5 Å². The first-order valence-corrected chi connectivity index (χ1v) is 7.10. The van der Waals surface area contributed by atoms with Crippen LogP contribution in [0.4, 0.5) is 0 Å². The number of ether oxygens (including phenoxy) is 1. The predicted molar refractivity (Wildman–Crippen MR) is 77.0 cm³/mol. The summed E-state index contributed by atoms with van der Waals surface area (Å²) in [5.74, 6) is 0.393. The minimum Gasteiger partial charge on any atom is -0.486 e. The number of nitrogens with zero attached hydrogens (tertiary/aromatic N) is 1. The zero-order valence-electron chi connectivity index (χ0n) is 11.1. The Hall–Kier alpha value is -1.92. The van der Waals surface area contributed by atoms with Crippen LogP contribution in [0.25, 0.3) is 0 Å². The van der Waals surface area contributed by atoms with Crippen molar-refractivity contribution in [3.8, 4) is 5.75 Å². The van der Waals surface area contributed by atoms with Crippen molar-refractivity contribution >= 4 is 17.2 Å². The lowest BCUT2D eigenvalue weighted by molar-refractivity contribution is 0.0944. The zero-order valence-corrected chi connectivity index (χ0v) is 11.9. The molecule has 1 aromatic carbocycles. The molecule has 0 aliphatic heterocycles. The number of aromatic nitrogens is 1. The average Bonchev–Trinajstić information content (AvgIpc) is 2.88. The average molecular weight is 292 g/mol. The van der Waals surface area contributed by atoms with Gasteiger partial charge in [-0.05, 0) is 25.1 Å². The number of rotatable bonds is 6. The minimum absolute atomic E-state index is 0.0780. The minimum atomic E-state index is -0.227. The first-order chi connectivity index (χ1) is 9.69. The van der Waals surface area contributed by atoms with E-state index in [4.69, 9.17) is 9.84 Å². The molecule has 106 valence electrons. The molecule has 1 heterocycles. The van der Waals surface area contributed by atoms with Crippen LogP contribution in [0.2, 0.25) is 0 Å². The van der Waals surface area contributed by atoms with E-state index in [1.807, 2.05) is 12.3 Å². The van der Waals surface area contributed by atoms with Gasteiger partial charge in [-0.25, -0.2) is 4.98 Å². The standard InChI is InChI=1S/C14H16N2O3S/c1-10-9-20-13(16-10)8-19-12-4-2-3-11(7-12)14(18)15-5-6-17/h2-4,7,9,17H,5-6,8H2,1H3,(H,15,18). The van der Waals surface area contributed by atoms with E-state index < -0.39 is 0 Å². The molecular weight excluding hydrogens is 276 g/mol. The van der Waals surface area contributed by atoms with E-state index in [-0.39, 0.29) is 19.1 Å². The van der Waals surface area contributed by atoms with Gasteiger partial charge in [-0.3, -0.25) is 4.79 Å². The summed E-state index contributed by atoms with van der Waals surface area (Å²) in [7, 11) is 0. The molecule has 1 aromatic heterocycles. The van der Waals surface area contributed by atoms with Gasteiger partial charge in [0, 0.05) is 23.2 Å². The number of aliphatic hydroxyl groups excluding tert-OH is 1. The summed E-state index contributed by atoms with van der Waals surface area (Å²) in [5, 5.41) is 14.2. The van der Waals surface area contributed by atoms with Gasteiger partial charge in [0.1, 0.15) is 17.4 Å². The lowest BCUT2D eigenvalue weighted by Gasteiger charge is -2.07. The van der Waals surface area contributed by atoms with Crippen molar-refractivity contribution < 1.29 is 14.6 Å². The van der Waals surface area contributed by atoms with Gasteiger partial charge in [-0.1, -0.05) is 6.07 Å². The number of thiazole rings is 1. The fourth-order valence-corrected chi connectivity index (χ4v) is 2.30. The molecule has 5 nitrogen and oxygen atoms in total. The Balaban J connectivity index is 1.97. The van der Waals surface area contributed by atoms with Crippen LogP contribution in [0.1, 0.15) is 21.1 Å². The van der Waals surface area contributed by atoms with Gasteiger partial charge >= 0.3 is 0 Å². The highest BCUT2D eigenvalue weighted by Gasteiger charge is 2.06. The van der Waals surface area contributed by atoms with Crippen molar-refractivity contribution in [1.29, 1.82) is 0 Å². The molecule has 6 heteroatoms. The lowest BCUT2D eigenvalue weighted by atomic mass is 10.2. The Labute approximate surface area is 121 Å². The van der Waals surface area contributed by atoms with Crippen molar-refractivity contribution in [2.75, 3.05) is 13.2 Å². The number of amides is 1. The molecule has 1 amide bonds. The monoisotopic (exact) mass is 292 g/mol. The molecule has 2 N–H and O–H groups in total. The highest BCUT2D eigenvalue weighted by molar-refractivity contribution is 7.09. The van der Waals surface area contributed by atoms with Gasteiger partial charge in [0.2, 0.25) is 0 Å². The van der Waals surface area contributed by atoms with Crippen molar-refractivity contribution in [3.05, 3.63) is 45.9 Å². The van der Waals surface area contributed by atoms with E-state index in [2.05, 4.69) is 10.3 Å². The molecule has 2 rings (SSSR count). The van der Waals surface area contributed by atoms with E-state index in [9.17, 15) is 4.79 Å². The number of benzene rings is 1. The second kappa shape index (κ2) is 7.02. The smallest absolute Gasteiger partial charge is 0.251 e. The maximum Gasteiger partial charge on any atom is 0.251 e. The maximum atomic E-state index is 11.7. The Morgan fingerprint density at radius 2 is 2.35 bits per heavy atom. The van der Waals surface area contributed by atoms with Crippen LogP contribution < -0.4 is 10.1 Å². The maximum absolute atomic E-state index is 11.7. The Bertz CT molecular complexity index is 583. The quantitative estimate of drug-likeness (QED) is 0.851. The normalized spacial score (nSPS) is 10.3. The molecule has 0 fully saturated rings. The topological polar surface area (TPSA) is 71.5 Å². The number of carbonyl (C=O) groups is 1. The SMILES string of the molecule is Cc1csc(COc2cccc(C(=O)NCCO)c2)n1. The Kier molecular flexibility index (Phi) is 5.09. The summed E-state index contributed by atoms with van der Waals surface area (Å²) in [4.78, 5) is 16.1. The van der Waals surface area contributed by atoms with Crippen LogP contribution in [0.15, 0.2) is 29.6 Å². The number of hydrogen-bond donors (Lipinski definition) is 2. The summed E-state index contributed by atoms with van der Waals surface area (Å²) in [5.41, 5.74) is 1.48. The molecule has 0 aliphatic carbocycles. The van der Waals surface area contributed by atoms with Crippen molar-refractivity contribution in [3.63, 3.8) is 0 Å². The van der Waals surface area contributed by atoms with Crippen molar-refractivity contribution in [1.82, 2.24) is 10.3 Å². The second-order valence-corrected chi connectivity index (χ2v) is 5.12. The van der Waals surface area contributed by atoms with E-state index in [0.717, 1.165) is 10.7 Å². The number of aliphatic hydroxyl groups is 1. The summed E-state index contributed by atoms with van der Waals surface area (Å²) in [6, 6.07) is 6.93. The van der Waals surface area contributed by atoms with E-state index >= 15 is 0 Å². The highest BCUT2D eigenvalue weighted by atomic mass is 32.1. The van der Waals surface area contributed by atoms with Crippen LogP contribution in [0.3, 0.4) is 0 Å². The highest BCUT2D eigenvalue weighted by Crippen LogP contribution is 2.16. The number of hydrogen-bond acceptors (Lipinski definition) is 5. The molecule has 0 saturated carbocycles. The second-order valence-electron chi connectivity index (χ2n) is 4.18. The molecule has 20 heavy (non-hydrogen) atoms. The third kappa shape index (κ3) is 4.04. The first kappa shape index (κ1) is 14.5. The molecule has 0 saturated heterocycles. The Morgan fingerprint density at radius 1 is 1.50 bits per heavy atom. The van der Waals surface area contributed by atoms with Crippen LogP contribution >= 0.6 is 11.3 Å². The van der Waals surface area contributed by atoms with Crippen molar-refractivity contribution in [2.24, 2.45) is 0 Å². The third-order valence-corrected chi connectivity index (χ3v) is 3.46. The molecule has 0 aliphatic rings. The van der Waals surface area contributed by atoms with Gasteiger partial charge < -0.3 is 15.2 Å². The van der Waals surface area contributed by atoms with Gasteiger partial charge in [-0.2, -0.15) is 0 Å². The van der Waals surface area contributed by atoms with Gasteiger partial charge in [0.05, 0.1) is 6.61 Å². The van der Waals surface area contributed by atoms with Gasteiger partial charge in [0.15, 0.2) is 0 Å². The van der Waals surface area contributed by atoms with E-state index in [1.54, 1.807) is 35.6 Å². The number of aryl methyl sites for hydroxylation is 1. The van der Waals surface area contributed by atoms with Crippen LogP contribution in [0, 0.1) is 6.92 Å². The molecular formula is C14H16N2O3S. The molecule has 0 unspecified atom stereocenters. The molecule has 0 spiro atoms. The lowest BCUT2D eigenvalue weighted by Crippen LogP contribution is -2.26. The number of carbonyl (C=O) groups excluding carboxylic acids is 1. The van der Waals surface area contributed by atoms with Crippen LogP contribution in [-0.2, 0) is 6.61 Å². The Morgan fingerprint density at radius 3 is 3.05 bits per heavy atom. The van der Waals surface area contributed by atoms with Gasteiger partial charge in [0.25, 0.3) is 5.91 Å². The van der Waals surface area contributed by atoms with E-state index in [0.29, 0.717) is 17.9 Å². The summed E-state index contributed by atoms with van der Waals surface area (Å²) >= 11 is 1.55. The first-order valence-electron chi connectivity index (χ1n) is 6.22. The zero-order chi connectivity index (χ0) is 14.4. The molecule has 0 radical (unpaired) electrons. The van der Waals surface area contributed by atoms with Crippen LogP contribution in [-0.4, -0.2) is 29.1 Å².